The molecule has 282 valence electrons. The van der Waals surface area contributed by atoms with Gasteiger partial charge in [-0.3, -0.25) is 0 Å². The van der Waals surface area contributed by atoms with E-state index in [1.54, 1.807) is 26.3 Å². The Kier molecular flexibility index (Phi) is 13.6. The number of carbonyl (C=O) groups excluding carboxylic acids is 1. The van der Waals surface area contributed by atoms with Crippen LogP contribution in [0.4, 0.5) is 4.79 Å². The molecule has 0 unspecified atom stereocenters. The molecule has 0 amide bonds. The summed E-state index contributed by atoms with van der Waals surface area (Å²) < 4.78 is 24.5. The normalized spacial score (nSPS) is 29.6. The molecular formula is C41H74O6Si2. The molecule has 3 rings (SSSR count). The third kappa shape index (κ3) is 10.5. The Bertz CT molecular complexity index is 1180. The number of hydrogen-bond donors (Lipinski definition) is 1. The zero-order valence-electron chi connectivity index (χ0n) is 34.1. The van der Waals surface area contributed by atoms with Crippen LogP contribution >= 0.6 is 0 Å². The molecular weight excluding hydrogens is 645 g/mol. The second kappa shape index (κ2) is 15.8. The van der Waals surface area contributed by atoms with E-state index in [9.17, 15) is 9.90 Å². The van der Waals surface area contributed by atoms with Crippen molar-refractivity contribution in [1.82, 2.24) is 0 Å². The number of ether oxygens (including phenoxy) is 2. The van der Waals surface area contributed by atoms with Gasteiger partial charge in [-0.25, -0.2) is 4.79 Å². The molecule has 8 heteroatoms. The molecule has 3 aliphatic rings. The minimum Gasteiger partial charge on any atom is -0.435 e. The molecule has 3 fully saturated rings. The van der Waals surface area contributed by atoms with Crippen LogP contribution in [0.3, 0.4) is 0 Å². The van der Waals surface area contributed by atoms with Crippen LogP contribution in [-0.4, -0.2) is 58.4 Å². The Morgan fingerprint density at radius 1 is 0.918 bits per heavy atom. The van der Waals surface area contributed by atoms with E-state index in [1.807, 2.05) is 6.08 Å². The van der Waals surface area contributed by atoms with E-state index >= 15 is 0 Å². The monoisotopic (exact) mass is 719 g/mol. The number of aliphatic hydroxyl groups is 1. The number of allylic oxidation sites excluding steroid dienone is 4. The fraction of sp³-hybridized carbons (Fsp3) is 0.829. The maximum Gasteiger partial charge on any atom is 0.508 e. The molecule has 3 saturated carbocycles. The molecule has 0 aromatic heterocycles. The molecule has 49 heavy (non-hydrogen) atoms. The van der Waals surface area contributed by atoms with Gasteiger partial charge in [-0.1, -0.05) is 90.8 Å². The van der Waals surface area contributed by atoms with Gasteiger partial charge in [0, 0.05) is 0 Å². The summed E-state index contributed by atoms with van der Waals surface area (Å²) in [5.41, 5.74) is 2.24. The summed E-state index contributed by atoms with van der Waals surface area (Å²) in [7, 11) is -3.84. The summed E-state index contributed by atoms with van der Waals surface area (Å²) in [4.78, 5) is 11.9. The molecule has 3 aliphatic carbocycles. The Morgan fingerprint density at radius 3 is 1.98 bits per heavy atom. The summed E-state index contributed by atoms with van der Waals surface area (Å²) in [6.45, 7) is 33.8. The summed E-state index contributed by atoms with van der Waals surface area (Å²) in [6, 6.07) is 0. The molecule has 0 spiro atoms. The highest BCUT2D eigenvalue weighted by Crippen LogP contribution is 2.59. The smallest absolute Gasteiger partial charge is 0.435 e. The molecule has 0 radical (unpaired) electrons. The van der Waals surface area contributed by atoms with Crippen LogP contribution in [0.2, 0.25) is 36.3 Å². The average Bonchev–Trinajstić information content (AvgIpc) is 3.30. The van der Waals surface area contributed by atoms with Gasteiger partial charge in [-0.2, -0.15) is 0 Å². The molecule has 0 bridgehead atoms. The first-order valence-corrected chi connectivity index (χ1v) is 25.1. The quantitative estimate of drug-likeness (QED) is 0.130. The Morgan fingerprint density at radius 2 is 1.47 bits per heavy atom. The second-order valence-electron chi connectivity index (χ2n) is 19.4. The van der Waals surface area contributed by atoms with Gasteiger partial charge in [0.25, 0.3) is 0 Å². The third-order valence-corrected chi connectivity index (χ3v) is 22.2. The zero-order valence-corrected chi connectivity index (χ0v) is 36.1. The van der Waals surface area contributed by atoms with Crippen LogP contribution in [0.25, 0.3) is 0 Å². The predicted octanol–water partition coefficient (Wildman–Crippen LogP) is 11.5. The van der Waals surface area contributed by atoms with Crippen molar-refractivity contribution in [2.45, 2.75) is 188 Å². The fourth-order valence-electron chi connectivity index (χ4n) is 8.07. The van der Waals surface area contributed by atoms with Crippen molar-refractivity contribution in [2.24, 2.45) is 23.2 Å². The number of aliphatic hydroxyl groups excluding tert-OH is 1. The van der Waals surface area contributed by atoms with E-state index in [-0.39, 0.29) is 34.3 Å². The van der Waals surface area contributed by atoms with Crippen molar-refractivity contribution in [3.05, 3.63) is 35.5 Å². The van der Waals surface area contributed by atoms with Crippen LogP contribution in [0.5, 0.6) is 0 Å². The lowest BCUT2D eigenvalue weighted by atomic mass is 9.61. The third-order valence-electron chi connectivity index (χ3n) is 13.2. The molecule has 1 N–H and O–H groups in total. The fourth-order valence-corrected chi connectivity index (χ4v) is 10.8. The first-order valence-electron chi connectivity index (χ1n) is 19.3. The van der Waals surface area contributed by atoms with E-state index in [0.717, 1.165) is 19.3 Å². The van der Waals surface area contributed by atoms with Crippen molar-refractivity contribution in [2.75, 3.05) is 6.61 Å². The highest BCUT2D eigenvalue weighted by molar-refractivity contribution is 6.74. The minimum absolute atomic E-state index is 0.175. The molecule has 0 heterocycles. The van der Waals surface area contributed by atoms with Crippen molar-refractivity contribution < 1.29 is 28.2 Å². The average molecular weight is 719 g/mol. The molecule has 0 aromatic carbocycles. The number of hydrogen-bond acceptors (Lipinski definition) is 6. The summed E-state index contributed by atoms with van der Waals surface area (Å²) in [5, 5.41) is 11.3. The van der Waals surface area contributed by atoms with Crippen LogP contribution in [-0.2, 0) is 18.3 Å². The molecule has 7 atom stereocenters. The standard InChI is InChI=1S/C41H74O6Si2/c1-16-44-37(43)45-40(9,10)36(42)24-19-29(2)34-22-23-35-31(18-17-25-41(34,35)11)21-20-30-26-32(46-48(12,13)38(3,4)5)28-33(27-30)47-49(14,15)39(6,7)8/h19-21,24,29,32-36,42H,16-18,22-23,25-28H2,1-15H3/b24-19+,31-21+/t29-,32-,33-,34-,35+,36+,41-/m1/s1. The minimum atomic E-state index is -1.92. The zero-order chi connectivity index (χ0) is 37.2. The molecule has 0 aliphatic heterocycles. The lowest BCUT2D eigenvalue weighted by molar-refractivity contribution is -0.0658. The van der Waals surface area contributed by atoms with E-state index in [2.05, 4.69) is 99.8 Å². The van der Waals surface area contributed by atoms with Gasteiger partial charge >= 0.3 is 6.16 Å². The Balaban J connectivity index is 1.80. The van der Waals surface area contributed by atoms with E-state index in [4.69, 9.17) is 18.3 Å². The number of rotatable bonds is 11. The van der Waals surface area contributed by atoms with Gasteiger partial charge in [0.05, 0.1) is 18.8 Å². The van der Waals surface area contributed by atoms with Gasteiger partial charge < -0.3 is 23.4 Å². The molecule has 0 saturated heterocycles. The lowest BCUT2D eigenvalue weighted by Gasteiger charge is -2.45. The predicted molar refractivity (Wildman–Crippen MR) is 209 cm³/mol. The van der Waals surface area contributed by atoms with Gasteiger partial charge in [-0.15, -0.1) is 0 Å². The van der Waals surface area contributed by atoms with Gasteiger partial charge in [0.2, 0.25) is 0 Å². The SMILES string of the molecule is CCOC(=O)OC(C)(C)[C@@H](O)/C=C/[C@@H](C)[C@H]1CC[C@H]2/C(=C/C=C3C[C@@H](O[Si](C)(C)C(C)(C)C)C[C@H](O[Si](C)(C)C(C)(C)C)C3)CCC[C@]12C. The molecule has 0 aromatic rings. The number of carbonyl (C=O) groups is 1. The second-order valence-corrected chi connectivity index (χ2v) is 28.9. The molecule has 6 nitrogen and oxygen atoms in total. The summed E-state index contributed by atoms with van der Waals surface area (Å²) >= 11 is 0. The topological polar surface area (TPSA) is 74.2 Å². The first kappa shape index (κ1) is 42.2. The van der Waals surface area contributed by atoms with E-state index < -0.39 is 34.5 Å². The highest BCUT2D eigenvalue weighted by atomic mass is 28.4. The van der Waals surface area contributed by atoms with E-state index in [0.29, 0.717) is 17.8 Å². The van der Waals surface area contributed by atoms with Crippen LogP contribution in [0.15, 0.2) is 35.5 Å². The van der Waals surface area contributed by atoms with Crippen molar-refractivity contribution in [3.63, 3.8) is 0 Å². The van der Waals surface area contributed by atoms with Gasteiger partial charge in [-0.05, 0) is 132 Å². The maximum absolute atomic E-state index is 11.9. The van der Waals surface area contributed by atoms with Gasteiger partial charge in [0.1, 0.15) is 11.7 Å². The summed E-state index contributed by atoms with van der Waals surface area (Å²) in [6.07, 6.45) is 16.7. The highest BCUT2D eigenvalue weighted by Gasteiger charge is 2.50. The van der Waals surface area contributed by atoms with Crippen LogP contribution in [0, 0.1) is 23.2 Å². The largest absolute Gasteiger partial charge is 0.508 e. The Hall–Kier alpha value is -1.20. The van der Waals surface area contributed by atoms with Crippen LogP contribution in [0.1, 0.15) is 128 Å². The van der Waals surface area contributed by atoms with Crippen molar-refractivity contribution >= 4 is 22.8 Å². The lowest BCUT2D eigenvalue weighted by Crippen LogP contribution is -2.48. The first-order chi connectivity index (χ1) is 22.3. The van der Waals surface area contributed by atoms with Crippen LogP contribution < -0.4 is 0 Å². The van der Waals surface area contributed by atoms with E-state index in [1.165, 1.54) is 37.7 Å². The Labute approximate surface area is 303 Å². The van der Waals surface area contributed by atoms with Crippen molar-refractivity contribution in [1.29, 1.82) is 0 Å². The number of fused-ring (bicyclic) bond motifs is 1. The van der Waals surface area contributed by atoms with Crippen molar-refractivity contribution in [3.8, 4) is 0 Å². The maximum atomic E-state index is 11.9. The summed E-state index contributed by atoms with van der Waals surface area (Å²) in [5.74, 6) is 1.42. The van der Waals surface area contributed by atoms with Gasteiger partial charge in [0.15, 0.2) is 16.6 Å².